The second-order valence-electron chi connectivity index (χ2n) is 4.59. The van der Waals surface area contributed by atoms with E-state index in [1.165, 1.54) is 0 Å². The Morgan fingerprint density at radius 1 is 1.31 bits per heavy atom. The van der Waals surface area contributed by atoms with Crippen molar-refractivity contribution in [3.8, 4) is 0 Å². The van der Waals surface area contributed by atoms with Crippen molar-refractivity contribution in [2.24, 2.45) is 11.7 Å². The van der Waals surface area contributed by atoms with Gasteiger partial charge in [-0.1, -0.05) is 6.92 Å². The second kappa shape index (κ2) is 6.83. The maximum atomic E-state index is 11.2. The summed E-state index contributed by atoms with van der Waals surface area (Å²) in [5, 5.41) is 2.65. The first-order valence-corrected chi connectivity index (χ1v) is 6.01. The van der Waals surface area contributed by atoms with E-state index in [1.54, 1.807) is 7.05 Å². The molecule has 0 aromatic rings. The Morgan fingerprint density at radius 2 is 1.88 bits per heavy atom. The van der Waals surface area contributed by atoms with Crippen LogP contribution in [0.3, 0.4) is 0 Å². The van der Waals surface area contributed by atoms with Crippen molar-refractivity contribution in [2.45, 2.75) is 6.92 Å². The number of hydrogen-bond donors (Lipinski definition) is 2. The van der Waals surface area contributed by atoms with Crippen LogP contribution in [0.25, 0.3) is 0 Å². The molecule has 1 heterocycles. The number of nitrogens with one attached hydrogen (secondary N) is 1. The lowest BCUT2D eigenvalue weighted by atomic mass is 10.1. The molecule has 1 aliphatic heterocycles. The highest BCUT2D eigenvalue weighted by Crippen LogP contribution is 2.04. The molecule has 1 amide bonds. The van der Waals surface area contributed by atoms with Crippen molar-refractivity contribution in [3.05, 3.63) is 0 Å². The zero-order valence-electron chi connectivity index (χ0n) is 10.4. The van der Waals surface area contributed by atoms with E-state index in [4.69, 9.17) is 5.73 Å². The lowest BCUT2D eigenvalue weighted by molar-refractivity contribution is -0.122. The van der Waals surface area contributed by atoms with Crippen molar-refractivity contribution < 1.29 is 4.79 Å². The molecule has 5 heteroatoms. The zero-order chi connectivity index (χ0) is 12.0. The van der Waals surface area contributed by atoms with Crippen molar-refractivity contribution in [1.29, 1.82) is 0 Å². The molecule has 1 atom stereocenters. The molecule has 16 heavy (non-hydrogen) atoms. The smallest absolute Gasteiger partial charge is 0.233 e. The summed E-state index contributed by atoms with van der Waals surface area (Å²) in [6.45, 7) is 8.56. The highest BCUT2D eigenvalue weighted by molar-refractivity contribution is 5.77. The first-order chi connectivity index (χ1) is 7.65. The monoisotopic (exact) mass is 228 g/mol. The highest BCUT2D eigenvalue weighted by atomic mass is 16.1. The predicted molar refractivity (Wildman–Crippen MR) is 65.2 cm³/mol. The number of nitrogens with zero attached hydrogens (tertiary/aromatic N) is 2. The van der Waals surface area contributed by atoms with Crippen LogP contribution < -0.4 is 11.1 Å². The van der Waals surface area contributed by atoms with Gasteiger partial charge in [-0.25, -0.2) is 0 Å². The third-order valence-electron chi connectivity index (χ3n) is 3.08. The summed E-state index contributed by atoms with van der Waals surface area (Å²) in [5.74, 6) is 0.661. The van der Waals surface area contributed by atoms with Gasteiger partial charge in [0, 0.05) is 39.8 Å². The van der Waals surface area contributed by atoms with Crippen LogP contribution in [0.4, 0.5) is 0 Å². The van der Waals surface area contributed by atoms with Gasteiger partial charge in [0.05, 0.1) is 6.54 Å². The van der Waals surface area contributed by atoms with Crippen LogP contribution in [0.5, 0.6) is 0 Å². The number of nitrogens with two attached hydrogens (primary N) is 1. The molecule has 0 spiro atoms. The van der Waals surface area contributed by atoms with Crippen LogP contribution in [0.2, 0.25) is 0 Å². The largest absolute Gasteiger partial charge is 0.358 e. The molecule has 1 aliphatic rings. The fourth-order valence-electron chi connectivity index (χ4n) is 1.93. The van der Waals surface area contributed by atoms with E-state index in [0.29, 0.717) is 12.5 Å². The summed E-state index contributed by atoms with van der Waals surface area (Å²) >= 11 is 0. The topological polar surface area (TPSA) is 61.6 Å². The number of carbonyl (C=O) groups is 1. The fourth-order valence-corrected chi connectivity index (χ4v) is 1.93. The first-order valence-electron chi connectivity index (χ1n) is 6.01. The maximum Gasteiger partial charge on any atom is 0.233 e. The first kappa shape index (κ1) is 13.4. The summed E-state index contributed by atoms with van der Waals surface area (Å²) in [4.78, 5) is 15.8. The molecule has 0 aromatic carbocycles. The lowest BCUT2D eigenvalue weighted by Gasteiger charge is -2.35. The number of amides is 1. The zero-order valence-corrected chi connectivity index (χ0v) is 10.4. The molecule has 0 aliphatic carbocycles. The number of likely N-dealkylation sites (N-methyl/N-ethyl adjacent to an activating group) is 1. The Labute approximate surface area is 98.0 Å². The minimum Gasteiger partial charge on any atom is -0.358 e. The van der Waals surface area contributed by atoms with Crippen molar-refractivity contribution >= 4 is 5.91 Å². The van der Waals surface area contributed by atoms with Gasteiger partial charge < -0.3 is 16.0 Å². The summed E-state index contributed by atoms with van der Waals surface area (Å²) in [6, 6.07) is 0. The quantitative estimate of drug-likeness (QED) is 0.630. The Morgan fingerprint density at radius 3 is 2.38 bits per heavy atom. The van der Waals surface area contributed by atoms with Crippen LogP contribution in [-0.2, 0) is 4.79 Å². The highest BCUT2D eigenvalue weighted by Gasteiger charge is 2.19. The molecule has 0 saturated carbocycles. The average molecular weight is 228 g/mol. The number of rotatable bonds is 5. The molecule has 0 aromatic heterocycles. The molecule has 1 unspecified atom stereocenters. The van der Waals surface area contributed by atoms with Crippen LogP contribution in [0.1, 0.15) is 6.92 Å². The predicted octanol–water partition coefficient (Wildman–Crippen LogP) is -1.06. The van der Waals surface area contributed by atoms with Gasteiger partial charge in [0.25, 0.3) is 0 Å². The molecule has 3 N–H and O–H groups in total. The van der Waals surface area contributed by atoms with Crippen LogP contribution in [-0.4, -0.2) is 68.6 Å². The van der Waals surface area contributed by atoms with Gasteiger partial charge in [-0.05, 0) is 12.5 Å². The Hall–Kier alpha value is -0.650. The number of carbonyl (C=O) groups excluding carboxylic acids is 1. The third kappa shape index (κ3) is 4.47. The van der Waals surface area contributed by atoms with Crippen molar-refractivity contribution in [1.82, 2.24) is 15.1 Å². The van der Waals surface area contributed by atoms with Crippen LogP contribution in [0, 0.1) is 5.92 Å². The van der Waals surface area contributed by atoms with E-state index < -0.39 is 0 Å². The molecule has 0 radical (unpaired) electrons. The summed E-state index contributed by atoms with van der Waals surface area (Å²) < 4.78 is 0. The molecular formula is C11H24N4O. The van der Waals surface area contributed by atoms with Gasteiger partial charge in [-0.3, -0.25) is 9.69 Å². The van der Waals surface area contributed by atoms with Gasteiger partial charge >= 0.3 is 0 Å². The SMILES string of the molecule is CNC(=O)CN1CCN(CC(C)CN)CC1. The van der Waals surface area contributed by atoms with Crippen molar-refractivity contribution in [2.75, 3.05) is 52.9 Å². The van der Waals surface area contributed by atoms with Gasteiger partial charge in [0.1, 0.15) is 0 Å². The summed E-state index contributed by atoms with van der Waals surface area (Å²) in [5.41, 5.74) is 5.61. The van der Waals surface area contributed by atoms with Gasteiger partial charge in [-0.2, -0.15) is 0 Å². The molecule has 1 saturated heterocycles. The Bertz CT molecular complexity index is 214. The summed E-state index contributed by atoms with van der Waals surface area (Å²) in [6.07, 6.45) is 0. The van der Waals surface area contributed by atoms with E-state index >= 15 is 0 Å². The molecule has 0 bridgehead atoms. The molecule has 5 nitrogen and oxygen atoms in total. The number of hydrogen-bond acceptors (Lipinski definition) is 4. The van der Waals surface area contributed by atoms with E-state index in [2.05, 4.69) is 22.0 Å². The normalized spacial score (nSPS) is 20.7. The maximum absolute atomic E-state index is 11.2. The van der Waals surface area contributed by atoms with Gasteiger partial charge in [-0.15, -0.1) is 0 Å². The van der Waals surface area contributed by atoms with E-state index in [0.717, 1.165) is 39.3 Å². The fraction of sp³-hybridized carbons (Fsp3) is 0.909. The van der Waals surface area contributed by atoms with Gasteiger partial charge in [0.2, 0.25) is 5.91 Å². The molecular weight excluding hydrogens is 204 g/mol. The minimum atomic E-state index is 0.101. The number of piperazine rings is 1. The minimum absolute atomic E-state index is 0.101. The van der Waals surface area contributed by atoms with E-state index in [-0.39, 0.29) is 5.91 Å². The molecule has 1 fully saturated rings. The Kier molecular flexibility index (Phi) is 5.73. The van der Waals surface area contributed by atoms with Gasteiger partial charge in [0.15, 0.2) is 0 Å². The van der Waals surface area contributed by atoms with E-state index in [1.807, 2.05) is 0 Å². The molecule has 94 valence electrons. The summed E-state index contributed by atoms with van der Waals surface area (Å²) in [7, 11) is 1.68. The van der Waals surface area contributed by atoms with Crippen LogP contribution >= 0.6 is 0 Å². The van der Waals surface area contributed by atoms with Crippen LogP contribution in [0.15, 0.2) is 0 Å². The Balaban J connectivity index is 2.20. The van der Waals surface area contributed by atoms with E-state index in [9.17, 15) is 4.79 Å². The lowest BCUT2D eigenvalue weighted by Crippen LogP contribution is -2.50. The molecule has 1 rings (SSSR count). The van der Waals surface area contributed by atoms with Crippen molar-refractivity contribution in [3.63, 3.8) is 0 Å². The second-order valence-corrected chi connectivity index (χ2v) is 4.59. The average Bonchev–Trinajstić information content (AvgIpc) is 2.31. The standard InChI is InChI=1S/C11H24N4O/c1-10(7-12)8-14-3-5-15(6-4-14)9-11(16)13-2/h10H,3-9,12H2,1-2H3,(H,13,16). The third-order valence-corrected chi connectivity index (χ3v) is 3.08.